The zero-order valence-electron chi connectivity index (χ0n) is 16.5. The van der Waals surface area contributed by atoms with E-state index in [0.29, 0.717) is 21.9 Å². The van der Waals surface area contributed by atoms with E-state index in [9.17, 15) is 4.79 Å². The molecule has 0 heterocycles. The van der Waals surface area contributed by atoms with E-state index >= 15 is 0 Å². The van der Waals surface area contributed by atoms with E-state index in [-0.39, 0.29) is 5.41 Å². The van der Waals surface area contributed by atoms with Gasteiger partial charge in [0.25, 0.3) is 0 Å². The lowest BCUT2D eigenvalue weighted by molar-refractivity contribution is -0.117. The van der Waals surface area contributed by atoms with Crippen molar-refractivity contribution in [1.29, 1.82) is 0 Å². The number of nitrogens with zero attached hydrogens (tertiary/aromatic N) is 1. The van der Waals surface area contributed by atoms with Crippen LogP contribution in [0.15, 0.2) is 18.2 Å². The molecule has 146 valence electrons. The van der Waals surface area contributed by atoms with Crippen LogP contribution >= 0.6 is 23.2 Å². The summed E-state index contributed by atoms with van der Waals surface area (Å²) in [5.41, 5.74) is 1.56. The quantitative estimate of drug-likeness (QED) is 0.388. The summed E-state index contributed by atoms with van der Waals surface area (Å²) in [5, 5.41) is 1.30. The molecule has 0 amide bonds. The van der Waals surface area contributed by atoms with Gasteiger partial charge in [0.05, 0.1) is 10.0 Å². The number of Topliss-reactive ketones (excluding diaryl/α,β-unsaturated/α-hetero) is 1. The molecule has 0 radical (unpaired) electrons. The first kappa shape index (κ1) is 21.7. The molecule has 1 aliphatic carbocycles. The monoisotopic (exact) mass is 397 g/mol. The van der Waals surface area contributed by atoms with Crippen molar-refractivity contribution in [2.45, 2.75) is 82.6 Å². The van der Waals surface area contributed by atoms with E-state index in [4.69, 9.17) is 23.2 Å². The Hall–Kier alpha value is -0.570. The Balaban J connectivity index is 1.94. The van der Waals surface area contributed by atoms with Crippen LogP contribution in [-0.4, -0.2) is 30.8 Å². The number of rotatable bonds is 11. The van der Waals surface area contributed by atoms with E-state index in [1.54, 1.807) is 6.92 Å². The first-order valence-corrected chi connectivity index (χ1v) is 10.7. The fraction of sp³-hybridized carbons (Fsp3) is 0.682. The van der Waals surface area contributed by atoms with Gasteiger partial charge < -0.3 is 9.69 Å². The second-order valence-electron chi connectivity index (χ2n) is 8.13. The summed E-state index contributed by atoms with van der Waals surface area (Å²) in [6, 6.07) is 6.74. The van der Waals surface area contributed by atoms with Gasteiger partial charge in [-0.25, -0.2) is 0 Å². The molecule has 1 atom stereocenters. The van der Waals surface area contributed by atoms with Gasteiger partial charge >= 0.3 is 0 Å². The Morgan fingerprint density at radius 3 is 2.27 bits per heavy atom. The molecule has 2 nitrogen and oxygen atoms in total. The standard InChI is InChI=1S/C22H33Cl2NO/c1-17(26)10-7-5-4-6-8-11-21(25(2)3)22(14-9-15-22)18-12-13-19(23)20(24)16-18/h12-13,16,21H,4-11,14-15H2,1-3H3. The van der Waals surface area contributed by atoms with Crippen LogP contribution in [-0.2, 0) is 10.2 Å². The van der Waals surface area contributed by atoms with Crippen molar-refractivity contribution in [2.75, 3.05) is 14.1 Å². The van der Waals surface area contributed by atoms with Gasteiger partial charge in [0.15, 0.2) is 0 Å². The van der Waals surface area contributed by atoms with Crippen LogP contribution in [0.4, 0.5) is 0 Å². The van der Waals surface area contributed by atoms with Gasteiger partial charge in [-0.05, 0) is 64.4 Å². The summed E-state index contributed by atoms with van der Waals surface area (Å²) in [6.07, 6.45) is 11.6. The molecule has 0 bridgehead atoms. The number of benzene rings is 1. The maximum atomic E-state index is 11.0. The lowest BCUT2D eigenvalue weighted by Gasteiger charge is -2.51. The number of unbranched alkanes of at least 4 members (excludes halogenated alkanes) is 4. The maximum Gasteiger partial charge on any atom is 0.129 e. The second kappa shape index (κ2) is 10.1. The van der Waals surface area contributed by atoms with E-state index < -0.39 is 0 Å². The molecule has 0 aliphatic heterocycles. The molecule has 1 aromatic carbocycles. The minimum absolute atomic E-state index is 0.215. The fourth-order valence-corrected chi connectivity index (χ4v) is 4.75. The molecular weight excluding hydrogens is 365 g/mol. The van der Waals surface area contributed by atoms with Crippen molar-refractivity contribution in [1.82, 2.24) is 4.90 Å². The van der Waals surface area contributed by atoms with Gasteiger partial charge in [-0.1, -0.05) is 61.4 Å². The zero-order chi connectivity index (χ0) is 19.2. The molecule has 0 aromatic heterocycles. The third-order valence-electron chi connectivity index (χ3n) is 6.01. The van der Waals surface area contributed by atoms with E-state index in [1.165, 1.54) is 56.9 Å². The molecule has 0 saturated heterocycles. The van der Waals surface area contributed by atoms with Crippen molar-refractivity contribution in [3.05, 3.63) is 33.8 Å². The van der Waals surface area contributed by atoms with Gasteiger partial charge in [-0.2, -0.15) is 0 Å². The number of hydrogen-bond donors (Lipinski definition) is 0. The number of ketones is 1. The van der Waals surface area contributed by atoms with Gasteiger partial charge in [0, 0.05) is 17.9 Å². The first-order chi connectivity index (χ1) is 12.4. The second-order valence-corrected chi connectivity index (χ2v) is 8.94. The fourth-order valence-electron chi connectivity index (χ4n) is 4.45. The number of carbonyl (C=O) groups excluding carboxylic acids is 1. The molecule has 1 unspecified atom stereocenters. The maximum absolute atomic E-state index is 11.0. The Morgan fingerprint density at radius 2 is 1.73 bits per heavy atom. The van der Waals surface area contributed by atoms with Crippen molar-refractivity contribution in [2.24, 2.45) is 0 Å². The average molecular weight is 398 g/mol. The molecule has 0 spiro atoms. The average Bonchev–Trinajstić information content (AvgIpc) is 2.53. The highest BCUT2D eigenvalue weighted by molar-refractivity contribution is 6.42. The van der Waals surface area contributed by atoms with Crippen LogP contribution in [0.1, 0.15) is 76.7 Å². The van der Waals surface area contributed by atoms with E-state index in [1.807, 2.05) is 6.07 Å². The molecular formula is C22H33Cl2NO. The highest BCUT2D eigenvalue weighted by Gasteiger charge is 2.46. The zero-order valence-corrected chi connectivity index (χ0v) is 18.0. The molecule has 1 saturated carbocycles. The summed E-state index contributed by atoms with van der Waals surface area (Å²) >= 11 is 12.4. The number of likely N-dealkylation sites (N-methyl/N-ethyl adjacent to an activating group) is 1. The minimum atomic E-state index is 0.215. The smallest absolute Gasteiger partial charge is 0.129 e. The van der Waals surface area contributed by atoms with Crippen molar-refractivity contribution in [3.8, 4) is 0 Å². The molecule has 1 aromatic rings. The third kappa shape index (κ3) is 5.47. The summed E-state index contributed by atoms with van der Waals surface area (Å²) < 4.78 is 0. The normalized spacial score (nSPS) is 17.2. The van der Waals surface area contributed by atoms with Gasteiger partial charge in [-0.15, -0.1) is 0 Å². The summed E-state index contributed by atoms with van der Waals surface area (Å²) in [6.45, 7) is 1.68. The van der Waals surface area contributed by atoms with Crippen LogP contribution in [0.3, 0.4) is 0 Å². The predicted octanol–water partition coefficient (Wildman–Crippen LogP) is 6.67. The molecule has 2 rings (SSSR count). The Bertz CT molecular complexity index is 596. The molecule has 0 N–H and O–H groups in total. The summed E-state index contributed by atoms with van der Waals surface area (Å²) in [5.74, 6) is 0.311. The number of hydrogen-bond acceptors (Lipinski definition) is 2. The highest BCUT2D eigenvalue weighted by atomic mass is 35.5. The van der Waals surface area contributed by atoms with Crippen LogP contribution in [0, 0.1) is 0 Å². The van der Waals surface area contributed by atoms with Crippen LogP contribution in [0.2, 0.25) is 10.0 Å². The topological polar surface area (TPSA) is 20.3 Å². The molecule has 26 heavy (non-hydrogen) atoms. The summed E-state index contributed by atoms with van der Waals surface area (Å²) in [7, 11) is 4.41. The largest absolute Gasteiger partial charge is 0.306 e. The van der Waals surface area contributed by atoms with Gasteiger partial charge in [0.1, 0.15) is 5.78 Å². The van der Waals surface area contributed by atoms with Crippen molar-refractivity contribution in [3.63, 3.8) is 0 Å². The van der Waals surface area contributed by atoms with Crippen molar-refractivity contribution < 1.29 is 4.79 Å². The van der Waals surface area contributed by atoms with Crippen LogP contribution in [0.25, 0.3) is 0 Å². The van der Waals surface area contributed by atoms with Crippen LogP contribution in [0.5, 0.6) is 0 Å². The third-order valence-corrected chi connectivity index (χ3v) is 6.75. The van der Waals surface area contributed by atoms with Crippen LogP contribution < -0.4 is 0 Å². The summed E-state index contributed by atoms with van der Waals surface area (Å²) in [4.78, 5) is 13.4. The SMILES string of the molecule is CC(=O)CCCCCCCC(N(C)C)C1(c2ccc(Cl)c(Cl)c2)CCC1. The molecule has 1 fully saturated rings. The highest BCUT2D eigenvalue weighted by Crippen LogP contribution is 2.50. The van der Waals surface area contributed by atoms with E-state index in [0.717, 1.165) is 12.8 Å². The molecule has 4 heteroatoms. The minimum Gasteiger partial charge on any atom is -0.306 e. The van der Waals surface area contributed by atoms with Crippen molar-refractivity contribution >= 4 is 29.0 Å². The first-order valence-electron chi connectivity index (χ1n) is 9.98. The number of carbonyl (C=O) groups is 1. The Morgan fingerprint density at radius 1 is 1.08 bits per heavy atom. The van der Waals surface area contributed by atoms with Gasteiger partial charge in [-0.3, -0.25) is 0 Å². The van der Waals surface area contributed by atoms with Gasteiger partial charge in [0.2, 0.25) is 0 Å². The van der Waals surface area contributed by atoms with E-state index in [2.05, 4.69) is 31.1 Å². The predicted molar refractivity (Wildman–Crippen MR) is 112 cm³/mol. The lowest BCUT2D eigenvalue weighted by Crippen LogP contribution is -2.52. The Kier molecular flexibility index (Phi) is 8.44. The molecule has 1 aliphatic rings. The lowest BCUT2D eigenvalue weighted by atomic mass is 9.59. The number of halogens is 2. The Labute approximate surface area is 169 Å².